The molecule has 1 saturated carbocycles. The number of benzene rings is 2. The van der Waals surface area contributed by atoms with E-state index in [-0.39, 0.29) is 24.6 Å². The van der Waals surface area contributed by atoms with Crippen molar-refractivity contribution in [2.75, 3.05) is 7.11 Å². The highest BCUT2D eigenvalue weighted by atomic mass is 19.1. The Morgan fingerprint density at radius 1 is 1.21 bits per heavy atom. The molecule has 1 aliphatic rings. The Balaban J connectivity index is 1.57. The van der Waals surface area contributed by atoms with Crippen molar-refractivity contribution < 1.29 is 23.8 Å². The van der Waals surface area contributed by atoms with Crippen LogP contribution in [0.5, 0.6) is 11.5 Å². The predicted octanol–water partition coefficient (Wildman–Crippen LogP) is 5.16. The summed E-state index contributed by atoms with van der Waals surface area (Å²) in [6, 6.07) is 12.1. The van der Waals surface area contributed by atoms with Crippen LogP contribution in [0, 0.1) is 17.7 Å². The van der Waals surface area contributed by atoms with E-state index in [4.69, 9.17) is 9.47 Å². The number of hydrogen-bond donors (Lipinski definition) is 1. The van der Waals surface area contributed by atoms with Crippen molar-refractivity contribution in [3.05, 3.63) is 65.2 Å². The van der Waals surface area contributed by atoms with E-state index in [2.05, 4.69) is 24.2 Å². The molecule has 1 aliphatic carbocycles. The minimum atomic E-state index is -0.789. The highest BCUT2D eigenvalue weighted by molar-refractivity contribution is 5.68. The van der Waals surface area contributed by atoms with E-state index in [1.165, 1.54) is 17.9 Å². The van der Waals surface area contributed by atoms with Gasteiger partial charge in [0, 0.05) is 6.07 Å². The number of ether oxygens (including phenoxy) is 2. The molecular weight excluding hydrogens is 437 g/mol. The first-order valence-corrected chi connectivity index (χ1v) is 11.6. The smallest absolute Gasteiger partial charge is 0.303 e. The second-order valence-corrected chi connectivity index (χ2v) is 9.21. The molecule has 1 unspecified atom stereocenters. The van der Waals surface area contributed by atoms with Gasteiger partial charge >= 0.3 is 5.97 Å². The Kier molecular flexibility index (Phi) is 7.14. The molecule has 0 saturated heterocycles. The first-order valence-electron chi connectivity index (χ1n) is 11.6. The van der Waals surface area contributed by atoms with Crippen LogP contribution in [0.2, 0.25) is 0 Å². The maximum Gasteiger partial charge on any atom is 0.303 e. The third-order valence-electron chi connectivity index (χ3n) is 6.07. The number of carbonyl (C=O) groups is 1. The van der Waals surface area contributed by atoms with Gasteiger partial charge in [-0.05, 0) is 66.8 Å². The van der Waals surface area contributed by atoms with Crippen LogP contribution in [-0.4, -0.2) is 33.2 Å². The van der Waals surface area contributed by atoms with E-state index >= 15 is 0 Å². The third kappa shape index (κ3) is 5.55. The molecule has 34 heavy (non-hydrogen) atoms. The van der Waals surface area contributed by atoms with Gasteiger partial charge in [0.05, 0.1) is 19.2 Å². The maximum atomic E-state index is 14.6. The molecule has 1 N–H and O–H groups in total. The maximum absolute atomic E-state index is 14.6. The molecule has 8 heteroatoms. The van der Waals surface area contributed by atoms with E-state index in [1.807, 2.05) is 24.3 Å². The fourth-order valence-electron chi connectivity index (χ4n) is 4.24. The third-order valence-corrected chi connectivity index (χ3v) is 6.07. The average Bonchev–Trinajstić information content (AvgIpc) is 3.58. The lowest BCUT2D eigenvalue weighted by Crippen LogP contribution is -2.10. The van der Waals surface area contributed by atoms with Gasteiger partial charge < -0.3 is 14.6 Å². The van der Waals surface area contributed by atoms with Crippen molar-refractivity contribution in [1.82, 2.24) is 15.0 Å². The molecule has 0 aliphatic heterocycles. The van der Waals surface area contributed by atoms with Crippen molar-refractivity contribution in [2.45, 2.75) is 52.1 Å². The average molecular weight is 468 g/mol. The van der Waals surface area contributed by atoms with E-state index in [1.54, 1.807) is 12.1 Å². The second-order valence-electron chi connectivity index (χ2n) is 9.21. The normalized spacial score (nSPS) is 14.3. The van der Waals surface area contributed by atoms with Gasteiger partial charge in [0.15, 0.2) is 0 Å². The van der Waals surface area contributed by atoms with Gasteiger partial charge in [-0.2, -0.15) is 0 Å². The summed E-state index contributed by atoms with van der Waals surface area (Å²) in [5.74, 6) is 0.678. The SMILES string of the molecule is COc1ccc(F)c(-n2nnc(COc3cccc(C(CC(=O)O)C4CC4)c3)c2CC(C)C)c1. The van der Waals surface area contributed by atoms with Crippen LogP contribution in [0.15, 0.2) is 42.5 Å². The number of aromatic nitrogens is 3. The number of methoxy groups -OCH3 is 1. The van der Waals surface area contributed by atoms with Crippen LogP contribution < -0.4 is 9.47 Å². The van der Waals surface area contributed by atoms with E-state index in [0.717, 1.165) is 24.1 Å². The standard InChI is InChI=1S/C26H30FN3O4/c1-16(2)11-25-23(28-29-30(25)24-13-19(33-3)9-10-22(24)27)15-34-20-6-4-5-18(12-20)21(14-26(31)32)17-7-8-17/h4-6,9-10,12-13,16-17,21H,7-8,11,14-15H2,1-3H3,(H,31,32). The van der Waals surface area contributed by atoms with Crippen LogP contribution in [0.25, 0.3) is 5.69 Å². The summed E-state index contributed by atoms with van der Waals surface area (Å²) in [6.07, 6.45) is 2.88. The molecule has 4 rings (SSSR count). The summed E-state index contributed by atoms with van der Waals surface area (Å²) in [5, 5.41) is 17.8. The van der Waals surface area contributed by atoms with E-state index in [0.29, 0.717) is 35.4 Å². The minimum absolute atomic E-state index is 0.00513. The second kappa shape index (κ2) is 10.2. The molecule has 3 aromatic rings. The fourth-order valence-corrected chi connectivity index (χ4v) is 4.24. The number of carboxylic acids is 1. The number of halogens is 1. The number of carboxylic acid groups (broad SMARTS) is 1. The van der Waals surface area contributed by atoms with Crippen LogP contribution >= 0.6 is 0 Å². The summed E-state index contributed by atoms with van der Waals surface area (Å²) < 4.78 is 27.5. The molecule has 1 heterocycles. The fraction of sp³-hybridized carbons (Fsp3) is 0.423. The number of aliphatic carboxylic acids is 1. The molecular formula is C26H30FN3O4. The summed E-state index contributed by atoms with van der Waals surface area (Å²) in [7, 11) is 1.53. The van der Waals surface area contributed by atoms with Gasteiger partial charge in [-0.1, -0.05) is 31.2 Å². The summed E-state index contributed by atoms with van der Waals surface area (Å²) in [4.78, 5) is 11.3. The molecule has 0 radical (unpaired) electrons. The highest BCUT2D eigenvalue weighted by Crippen LogP contribution is 2.45. The number of rotatable bonds is 11. The van der Waals surface area contributed by atoms with Gasteiger partial charge in [-0.15, -0.1) is 5.10 Å². The molecule has 1 fully saturated rings. The monoisotopic (exact) mass is 467 g/mol. The van der Waals surface area contributed by atoms with Gasteiger partial charge in [0.1, 0.15) is 35.3 Å². The Morgan fingerprint density at radius 2 is 2.00 bits per heavy atom. The summed E-state index contributed by atoms with van der Waals surface area (Å²) in [6.45, 7) is 4.33. The molecule has 7 nitrogen and oxygen atoms in total. The highest BCUT2D eigenvalue weighted by Gasteiger charge is 2.33. The first kappa shape index (κ1) is 23.7. The Bertz CT molecular complexity index is 1160. The van der Waals surface area contributed by atoms with Gasteiger partial charge in [-0.25, -0.2) is 9.07 Å². The van der Waals surface area contributed by atoms with Crippen LogP contribution in [0.4, 0.5) is 4.39 Å². The van der Waals surface area contributed by atoms with Crippen molar-refractivity contribution in [3.63, 3.8) is 0 Å². The molecule has 0 amide bonds. The molecule has 180 valence electrons. The van der Waals surface area contributed by atoms with Gasteiger partial charge in [-0.3, -0.25) is 4.79 Å². The molecule has 2 aromatic carbocycles. The molecule has 1 aromatic heterocycles. The van der Waals surface area contributed by atoms with Crippen LogP contribution in [0.3, 0.4) is 0 Å². The molecule has 0 spiro atoms. The minimum Gasteiger partial charge on any atom is -0.497 e. The Labute approximate surface area is 198 Å². The zero-order valence-corrected chi connectivity index (χ0v) is 19.7. The van der Waals surface area contributed by atoms with Crippen molar-refractivity contribution in [3.8, 4) is 17.2 Å². The lowest BCUT2D eigenvalue weighted by atomic mass is 9.91. The lowest BCUT2D eigenvalue weighted by Gasteiger charge is -2.16. The quantitative estimate of drug-likeness (QED) is 0.419. The topological polar surface area (TPSA) is 86.5 Å². The largest absolute Gasteiger partial charge is 0.497 e. The lowest BCUT2D eigenvalue weighted by molar-refractivity contribution is -0.137. The predicted molar refractivity (Wildman–Crippen MR) is 125 cm³/mol. The van der Waals surface area contributed by atoms with Crippen molar-refractivity contribution in [2.24, 2.45) is 11.8 Å². The zero-order valence-electron chi connectivity index (χ0n) is 19.7. The first-order chi connectivity index (χ1) is 16.4. The van der Waals surface area contributed by atoms with Crippen molar-refractivity contribution in [1.29, 1.82) is 0 Å². The van der Waals surface area contributed by atoms with E-state index in [9.17, 15) is 14.3 Å². The zero-order chi connectivity index (χ0) is 24.2. The Morgan fingerprint density at radius 3 is 2.68 bits per heavy atom. The molecule has 1 atom stereocenters. The number of hydrogen-bond acceptors (Lipinski definition) is 5. The van der Waals surface area contributed by atoms with Gasteiger partial charge in [0.25, 0.3) is 0 Å². The van der Waals surface area contributed by atoms with Crippen LogP contribution in [-0.2, 0) is 17.8 Å². The Hall–Kier alpha value is -3.42. The van der Waals surface area contributed by atoms with Gasteiger partial charge in [0.2, 0.25) is 0 Å². The number of nitrogens with zero attached hydrogens (tertiary/aromatic N) is 3. The van der Waals surface area contributed by atoms with E-state index < -0.39 is 11.8 Å². The summed E-state index contributed by atoms with van der Waals surface area (Å²) in [5.41, 5.74) is 2.66. The van der Waals surface area contributed by atoms with Crippen LogP contribution in [0.1, 0.15) is 56.0 Å². The summed E-state index contributed by atoms with van der Waals surface area (Å²) >= 11 is 0. The van der Waals surface area contributed by atoms with Crippen molar-refractivity contribution >= 4 is 5.97 Å². The molecule has 0 bridgehead atoms.